The summed E-state index contributed by atoms with van der Waals surface area (Å²) in [5.41, 5.74) is 12.9. The number of hydrogen-bond donors (Lipinski definition) is 0. The number of hydrogen-bond acceptors (Lipinski definition) is 0. The maximum absolute atomic E-state index is 2.49. The van der Waals surface area contributed by atoms with Crippen LogP contribution in [0.3, 0.4) is 0 Å². The van der Waals surface area contributed by atoms with Gasteiger partial charge in [0.1, 0.15) is 7.05 Å². The van der Waals surface area contributed by atoms with Crippen LogP contribution >= 0.6 is 0 Å². The average Bonchev–Trinajstić information content (AvgIpc) is 2.88. The van der Waals surface area contributed by atoms with Gasteiger partial charge in [-0.25, -0.2) is 4.57 Å². The Labute approximate surface area is 223 Å². The number of nitrogens with zero attached hydrogens (tertiary/aromatic N) is 1. The van der Waals surface area contributed by atoms with Gasteiger partial charge in [-0.3, -0.25) is 0 Å². The molecule has 1 heterocycles. The first kappa shape index (κ1) is 24.4. The number of aryl methyl sites for hydroxylation is 3. The molecule has 0 bridgehead atoms. The highest BCUT2D eigenvalue weighted by atomic mass is 14.9. The number of pyridine rings is 1. The van der Waals surface area contributed by atoms with E-state index in [9.17, 15) is 0 Å². The minimum Gasteiger partial charge on any atom is -0.201 e. The molecule has 1 saturated carbocycles. The third-order valence-electron chi connectivity index (χ3n) is 10.3. The molecule has 1 fully saturated rings. The second-order valence-electron chi connectivity index (χ2n) is 12.9. The minimum atomic E-state index is -0.0163. The smallest absolute Gasteiger partial charge is 0.201 e. The van der Waals surface area contributed by atoms with E-state index in [1.807, 2.05) is 0 Å². The summed E-state index contributed by atoms with van der Waals surface area (Å²) in [6.07, 6.45) is 9.27. The Hall–Kier alpha value is -2.93. The van der Waals surface area contributed by atoms with Crippen molar-refractivity contribution in [1.29, 1.82) is 0 Å². The van der Waals surface area contributed by atoms with Gasteiger partial charge in [0.05, 0.1) is 5.56 Å². The van der Waals surface area contributed by atoms with E-state index in [-0.39, 0.29) is 10.8 Å². The first-order valence-electron chi connectivity index (χ1n) is 14.3. The quantitative estimate of drug-likeness (QED) is 0.248. The Morgan fingerprint density at radius 2 is 1.49 bits per heavy atom. The summed E-state index contributed by atoms with van der Waals surface area (Å²) < 4.78 is 2.42. The zero-order valence-corrected chi connectivity index (χ0v) is 23.8. The summed E-state index contributed by atoms with van der Waals surface area (Å²) in [5.74, 6) is 0.714. The Balaban J connectivity index is 1.66. The van der Waals surface area contributed by atoms with Crippen LogP contribution in [0.4, 0.5) is 0 Å². The van der Waals surface area contributed by atoms with Crippen LogP contribution < -0.4 is 4.57 Å². The van der Waals surface area contributed by atoms with E-state index in [2.05, 4.69) is 114 Å². The molecular formula is C36H42N+. The number of benzene rings is 3. The van der Waals surface area contributed by atoms with Crippen LogP contribution in [0.25, 0.3) is 33.2 Å². The van der Waals surface area contributed by atoms with E-state index in [0.29, 0.717) is 5.92 Å². The van der Waals surface area contributed by atoms with E-state index >= 15 is 0 Å². The van der Waals surface area contributed by atoms with Crippen LogP contribution in [0, 0.1) is 13.8 Å². The maximum Gasteiger partial charge on any atom is 0.213 e. The fourth-order valence-electron chi connectivity index (χ4n) is 7.50. The number of rotatable bonds is 2. The molecule has 0 N–H and O–H groups in total. The fourth-order valence-corrected chi connectivity index (χ4v) is 7.50. The van der Waals surface area contributed by atoms with Gasteiger partial charge in [0, 0.05) is 17.0 Å². The monoisotopic (exact) mass is 488 g/mol. The number of aromatic nitrogens is 1. The first-order valence-corrected chi connectivity index (χ1v) is 14.3. The molecule has 190 valence electrons. The minimum absolute atomic E-state index is 0.00827. The summed E-state index contributed by atoms with van der Waals surface area (Å²) in [6, 6.07) is 20.9. The largest absolute Gasteiger partial charge is 0.213 e. The van der Waals surface area contributed by atoms with Gasteiger partial charge in [-0.05, 0) is 82.2 Å². The number of fused-ring (bicyclic) bond motifs is 5. The molecule has 6 rings (SSSR count). The van der Waals surface area contributed by atoms with Gasteiger partial charge in [0.15, 0.2) is 6.20 Å². The molecule has 0 radical (unpaired) electrons. The standard InChI is InChI=1S/C36H42N/c1-23-17-20-30-33(32(23)31-21-24(2)29(22-37(31)7)25-13-9-8-10-14-25)28-19-18-26-15-11-12-16-27(26)34(28)36(5,6)35(30,3)4/h11-12,15-22,25H,8-10,13-14H2,1-7H3/q+1. The predicted octanol–water partition coefficient (Wildman–Crippen LogP) is 9.23. The lowest BCUT2D eigenvalue weighted by Gasteiger charge is -2.49. The van der Waals surface area contributed by atoms with Crippen molar-refractivity contribution >= 4 is 10.8 Å². The molecule has 0 unspecified atom stereocenters. The SMILES string of the molecule is Cc1cc(-c2c(C)ccc3c2-c2ccc4ccccc4c2C(C)(C)C3(C)C)[n+](C)cc1C1CCCCC1. The van der Waals surface area contributed by atoms with Gasteiger partial charge in [0.2, 0.25) is 5.69 Å². The lowest BCUT2D eigenvalue weighted by Crippen LogP contribution is -2.44. The molecule has 0 saturated heterocycles. The molecule has 1 aromatic heterocycles. The van der Waals surface area contributed by atoms with Gasteiger partial charge in [-0.15, -0.1) is 0 Å². The van der Waals surface area contributed by atoms with E-state index in [1.54, 1.807) is 5.56 Å². The Morgan fingerprint density at radius 1 is 0.757 bits per heavy atom. The molecule has 3 aromatic carbocycles. The van der Waals surface area contributed by atoms with Crippen LogP contribution in [0.1, 0.15) is 93.5 Å². The summed E-state index contributed by atoms with van der Waals surface area (Å²) in [4.78, 5) is 0. The topological polar surface area (TPSA) is 3.88 Å². The van der Waals surface area contributed by atoms with Crippen molar-refractivity contribution in [2.75, 3.05) is 0 Å². The van der Waals surface area contributed by atoms with Crippen LogP contribution in [0.5, 0.6) is 0 Å². The predicted molar refractivity (Wildman–Crippen MR) is 157 cm³/mol. The fraction of sp³-hybridized carbons (Fsp3) is 0.417. The zero-order chi connectivity index (χ0) is 26.1. The van der Waals surface area contributed by atoms with Crippen LogP contribution in [0.15, 0.2) is 60.8 Å². The third-order valence-corrected chi connectivity index (χ3v) is 10.3. The molecule has 1 heteroatoms. The van der Waals surface area contributed by atoms with Crippen molar-refractivity contribution in [3.63, 3.8) is 0 Å². The molecule has 0 aliphatic heterocycles. The average molecular weight is 489 g/mol. The normalized spacial score (nSPS) is 18.5. The van der Waals surface area contributed by atoms with Crippen LogP contribution in [-0.4, -0.2) is 0 Å². The molecule has 1 nitrogen and oxygen atoms in total. The molecule has 0 spiro atoms. The Morgan fingerprint density at radius 3 is 2.24 bits per heavy atom. The molecule has 2 aliphatic rings. The van der Waals surface area contributed by atoms with E-state index in [0.717, 1.165) is 0 Å². The second-order valence-corrected chi connectivity index (χ2v) is 12.9. The summed E-state index contributed by atoms with van der Waals surface area (Å²) >= 11 is 0. The molecule has 37 heavy (non-hydrogen) atoms. The van der Waals surface area contributed by atoms with Crippen molar-refractivity contribution in [2.24, 2.45) is 7.05 Å². The highest BCUT2D eigenvalue weighted by Gasteiger charge is 2.48. The summed E-state index contributed by atoms with van der Waals surface area (Å²) in [6.45, 7) is 14.4. The summed E-state index contributed by atoms with van der Waals surface area (Å²) in [7, 11) is 2.26. The van der Waals surface area contributed by atoms with Crippen molar-refractivity contribution in [2.45, 2.75) is 90.4 Å². The summed E-state index contributed by atoms with van der Waals surface area (Å²) in [5, 5.41) is 2.73. The van der Waals surface area contributed by atoms with Crippen molar-refractivity contribution < 1.29 is 4.57 Å². The highest BCUT2D eigenvalue weighted by molar-refractivity contribution is 5.99. The van der Waals surface area contributed by atoms with Crippen LogP contribution in [0.2, 0.25) is 0 Å². The first-order chi connectivity index (χ1) is 17.6. The lowest BCUT2D eigenvalue weighted by atomic mass is 9.54. The molecule has 2 aliphatic carbocycles. The van der Waals surface area contributed by atoms with E-state index < -0.39 is 0 Å². The second kappa shape index (κ2) is 8.55. The van der Waals surface area contributed by atoms with Crippen molar-refractivity contribution in [3.05, 3.63) is 88.6 Å². The molecular weight excluding hydrogens is 446 g/mol. The van der Waals surface area contributed by atoms with E-state index in [1.165, 1.54) is 87.5 Å². The lowest BCUT2D eigenvalue weighted by molar-refractivity contribution is -0.661. The van der Waals surface area contributed by atoms with E-state index in [4.69, 9.17) is 0 Å². The molecule has 0 amide bonds. The Kier molecular flexibility index (Phi) is 5.64. The highest BCUT2D eigenvalue weighted by Crippen LogP contribution is 2.57. The van der Waals surface area contributed by atoms with Gasteiger partial charge >= 0.3 is 0 Å². The van der Waals surface area contributed by atoms with Crippen molar-refractivity contribution in [3.8, 4) is 22.4 Å². The third kappa shape index (κ3) is 3.53. The van der Waals surface area contributed by atoms with Gasteiger partial charge in [-0.2, -0.15) is 0 Å². The van der Waals surface area contributed by atoms with Gasteiger partial charge < -0.3 is 0 Å². The van der Waals surface area contributed by atoms with Crippen molar-refractivity contribution in [1.82, 2.24) is 0 Å². The molecule has 4 aromatic rings. The van der Waals surface area contributed by atoms with Gasteiger partial charge in [0.25, 0.3) is 0 Å². The van der Waals surface area contributed by atoms with Gasteiger partial charge in [-0.1, -0.05) is 95.5 Å². The molecule has 0 atom stereocenters. The van der Waals surface area contributed by atoms with Crippen LogP contribution in [-0.2, 0) is 17.9 Å². The Bertz CT molecular complexity index is 1530. The zero-order valence-electron chi connectivity index (χ0n) is 23.8. The maximum atomic E-state index is 2.49.